The van der Waals surface area contributed by atoms with Gasteiger partial charge in [0.2, 0.25) is 0 Å². The first kappa shape index (κ1) is 5.49. The first-order valence-electron chi connectivity index (χ1n) is 1.73. The molecule has 0 saturated heterocycles. The predicted octanol–water partition coefficient (Wildman–Crippen LogP) is 0.0679. The summed E-state index contributed by atoms with van der Waals surface area (Å²) >= 11 is 2.44. The summed E-state index contributed by atoms with van der Waals surface area (Å²) in [6.45, 7) is 4.18. The molecular weight excluding hydrogens is 77.0 g/mol. The van der Waals surface area contributed by atoms with Gasteiger partial charge >= 0.3 is 0 Å². The zero-order valence-electron chi connectivity index (χ0n) is 3.65. The molecule has 0 rings (SSSR count). The van der Waals surface area contributed by atoms with Gasteiger partial charge in [-0.1, -0.05) is 13.8 Å². The van der Waals surface area contributed by atoms with Gasteiger partial charge in [0, 0.05) is 0 Å². The molecular formula is C3H8AlN. The molecule has 0 aliphatic rings. The van der Waals surface area contributed by atoms with E-state index in [4.69, 9.17) is 0 Å². The Morgan fingerprint density at radius 1 is 1.60 bits per heavy atom. The molecule has 0 aromatic heterocycles. The van der Waals surface area contributed by atoms with Crippen LogP contribution in [0, 0.1) is 0 Å². The van der Waals surface area contributed by atoms with Crippen LogP contribution in [0.2, 0.25) is 0 Å². The van der Waals surface area contributed by atoms with Crippen LogP contribution in [0.15, 0.2) is 0 Å². The van der Waals surface area contributed by atoms with Crippen molar-refractivity contribution in [2.45, 2.75) is 19.9 Å². The molecule has 0 amide bonds. The highest BCUT2D eigenvalue weighted by Crippen LogP contribution is 1.66. The Morgan fingerprint density at radius 2 is 1.80 bits per heavy atom. The fourth-order valence-corrected chi connectivity index (χ4v) is 0. The van der Waals surface area contributed by atoms with Crippen molar-refractivity contribution in [2.24, 2.45) is 0 Å². The van der Waals surface area contributed by atoms with Crippen LogP contribution in [0.3, 0.4) is 0 Å². The largest absolute Gasteiger partial charge is 0.413 e. The third kappa shape index (κ3) is 4.49. The molecule has 0 aliphatic heterocycles. The highest BCUT2D eigenvalue weighted by Gasteiger charge is 1.76. The molecule has 0 fully saturated rings. The Labute approximate surface area is 41.4 Å². The lowest BCUT2D eigenvalue weighted by atomic mass is 10.4. The molecule has 2 radical (unpaired) electrons. The Morgan fingerprint density at radius 3 is 1.80 bits per heavy atom. The lowest BCUT2D eigenvalue weighted by Crippen LogP contribution is -2.17. The lowest BCUT2D eigenvalue weighted by Gasteiger charge is -1.97. The summed E-state index contributed by atoms with van der Waals surface area (Å²) in [6.07, 6.45) is 0. The average molecular weight is 85.1 g/mol. The quantitative estimate of drug-likeness (QED) is 0.444. The Balaban J connectivity index is 2.54. The summed E-state index contributed by atoms with van der Waals surface area (Å²) in [4.78, 5) is 0. The Bertz CT molecular complexity index is 20.9. The summed E-state index contributed by atoms with van der Waals surface area (Å²) in [5, 5.41) is 0. The van der Waals surface area contributed by atoms with E-state index in [1.807, 2.05) is 0 Å². The first-order valence-corrected chi connectivity index (χ1v) is 2.31. The number of hydrogen-bond donors (Lipinski definition) is 1. The summed E-state index contributed by atoms with van der Waals surface area (Å²) in [6, 6.07) is 0.597. The molecule has 1 nitrogen and oxygen atoms in total. The van der Waals surface area contributed by atoms with Crippen molar-refractivity contribution in [1.29, 1.82) is 0 Å². The smallest absolute Gasteiger partial charge is 0.251 e. The van der Waals surface area contributed by atoms with Crippen molar-refractivity contribution < 1.29 is 0 Å². The molecule has 0 heterocycles. The van der Waals surface area contributed by atoms with Gasteiger partial charge in [0.25, 0.3) is 16.5 Å². The van der Waals surface area contributed by atoms with Gasteiger partial charge in [-0.3, -0.25) is 0 Å². The number of nitrogens with one attached hydrogen (secondary N) is 1. The van der Waals surface area contributed by atoms with Crippen LogP contribution in [-0.2, 0) is 0 Å². The van der Waals surface area contributed by atoms with E-state index in [9.17, 15) is 0 Å². The molecule has 1 N–H and O–H groups in total. The molecule has 0 saturated carbocycles. The predicted molar refractivity (Wildman–Crippen MR) is 24.0 cm³/mol. The van der Waals surface area contributed by atoms with Crippen LogP contribution in [0.1, 0.15) is 13.8 Å². The van der Waals surface area contributed by atoms with E-state index in [0.717, 1.165) is 0 Å². The van der Waals surface area contributed by atoms with Gasteiger partial charge in [-0.25, -0.2) is 0 Å². The van der Waals surface area contributed by atoms with Crippen LogP contribution in [0.4, 0.5) is 0 Å². The van der Waals surface area contributed by atoms with Crippen molar-refractivity contribution in [1.82, 2.24) is 4.30 Å². The van der Waals surface area contributed by atoms with Crippen molar-refractivity contribution in [2.75, 3.05) is 0 Å². The highest BCUT2D eigenvalue weighted by molar-refractivity contribution is 6.04. The van der Waals surface area contributed by atoms with Gasteiger partial charge in [0.1, 0.15) is 0 Å². The molecule has 2 heteroatoms. The molecule has 28 valence electrons. The van der Waals surface area contributed by atoms with Crippen molar-refractivity contribution in [3.05, 3.63) is 0 Å². The van der Waals surface area contributed by atoms with Gasteiger partial charge in [-0.05, 0) is 6.04 Å². The second-order valence-electron chi connectivity index (χ2n) is 1.32. The lowest BCUT2D eigenvalue weighted by molar-refractivity contribution is 0.761. The molecule has 0 spiro atoms. The van der Waals surface area contributed by atoms with Crippen LogP contribution in [0.25, 0.3) is 0 Å². The van der Waals surface area contributed by atoms with E-state index in [1.54, 1.807) is 0 Å². The molecule has 0 unspecified atom stereocenters. The fraction of sp³-hybridized carbons (Fsp3) is 1.00. The van der Waals surface area contributed by atoms with Crippen molar-refractivity contribution in [3.8, 4) is 0 Å². The third-order valence-corrected chi connectivity index (χ3v) is 1.00. The molecule has 0 aliphatic carbocycles. The minimum atomic E-state index is 0.597. The minimum Gasteiger partial charge on any atom is -0.413 e. The maximum absolute atomic E-state index is 2.94. The molecule has 0 aromatic carbocycles. The van der Waals surface area contributed by atoms with E-state index < -0.39 is 0 Å². The second kappa shape index (κ2) is 2.72. The van der Waals surface area contributed by atoms with Crippen LogP contribution >= 0.6 is 0 Å². The SMILES string of the molecule is CC(C)[NH][Al]. The van der Waals surface area contributed by atoms with Crippen LogP contribution < -0.4 is 4.30 Å². The fourth-order valence-electron chi connectivity index (χ4n) is 0. The standard InChI is InChI=1S/C3H8N.Al/c1-3(2)4;/h3-4H,1-2H3;/q-1;+1. The Kier molecular flexibility index (Phi) is 2.98. The van der Waals surface area contributed by atoms with Crippen LogP contribution in [-0.4, -0.2) is 22.6 Å². The molecule has 0 atom stereocenters. The van der Waals surface area contributed by atoms with E-state index in [1.165, 1.54) is 0 Å². The second-order valence-corrected chi connectivity index (χ2v) is 1.65. The monoisotopic (exact) mass is 85.0 g/mol. The van der Waals surface area contributed by atoms with Gasteiger partial charge in [0.15, 0.2) is 0 Å². The normalized spacial score (nSPS) is 9.40. The van der Waals surface area contributed by atoms with Crippen LogP contribution in [0.5, 0.6) is 0 Å². The van der Waals surface area contributed by atoms with E-state index in [2.05, 4.69) is 34.7 Å². The number of rotatable bonds is 1. The molecule has 5 heavy (non-hydrogen) atoms. The van der Waals surface area contributed by atoms with E-state index in [0.29, 0.717) is 6.04 Å². The van der Waals surface area contributed by atoms with E-state index >= 15 is 0 Å². The molecule has 0 bridgehead atoms. The van der Waals surface area contributed by atoms with Gasteiger partial charge in [0.05, 0.1) is 0 Å². The van der Waals surface area contributed by atoms with E-state index in [-0.39, 0.29) is 0 Å². The topological polar surface area (TPSA) is 12.0 Å². The highest BCUT2D eigenvalue weighted by atomic mass is 27.1. The zero-order chi connectivity index (χ0) is 4.28. The minimum absolute atomic E-state index is 0.597. The zero-order valence-corrected chi connectivity index (χ0v) is 4.81. The van der Waals surface area contributed by atoms with Crippen molar-refractivity contribution >= 4 is 16.5 Å². The summed E-state index contributed by atoms with van der Waals surface area (Å²) < 4.78 is 2.94. The maximum Gasteiger partial charge on any atom is 0.251 e. The van der Waals surface area contributed by atoms with Gasteiger partial charge in [-0.15, -0.1) is 0 Å². The first-order chi connectivity index (χ1) is 2.27. The van der Waals surface area contributed by atoms with Crippen molar-refractivity contribution in [3.63, 3.8) is 0 Å². The van der Waals surface area contributed by atoms with Gasteiger partial charge in [-0.2, -0.15) is 0 Å². The van der Waals surface area contributed by atoms with Gasteiger partial charge < -0.3 is 4.30 Å². The molecule has 0 aromatic rings. The Hall–Kier alpha value is 0.492. The summed E-state index contributed by atoms with van der Waals surface area (Å²) in [5.41, 5.74) is 0. The summed E-state index contributed by atoms with van der Waals surface area (Å²) in [7, 11) is 0. The maximum atomic E-state index is 2.94. The third-order valence-electron chi connectivity index (χ3n) is 0.333. The number of hydrogen-bond acceptors (Lipinski definition) is 1. The summed E-state index contributed by atoms with van der Waals surface area (Å²) in [5.74, 6) is 0. The average Bonchev–Trinajstić information content (AvgIpc) is 1.38.